The number of hydrogen-bond donors (Lipinski definition) is 2. The summed E-state index contributed by atoms with van der Waals surface area (Å²) >= 11 is 0. The minimum absolute atomic E-state index is 0.109. The average molecular weight is 295 g/mol. The van der Waals surface area contributed by atoms with E-state index in [1.165, 1.54) is 0 Å². The molecule has 4 nitrogen and oxygen atoms in total. The fourth-order valence-electron chi connectivity index (χ4n) is 2.76. The van der Waals surface area contributed by atoms with Crippen LogP contribution in [0.2, 0.25) is 0 Å². The van der Waals surface area contributed by atoms with Crippen LogP contribution in [0.15, 0.2) is 29.0 Å². The number of hydrogen-bond acceptors (Lipinski definition) is 4. The van der Waals surface area contributed by atoms with Gasteiger partial charge in [0.05, 0.1) is 18.0 Å². The molecule has 0 rings (SSSR count). The molecule has 0 saturated carbocycles. The number of aliphatic hydroxyl groups excluding tert-OH is 1. The second kappa shape index (κ2) is 11.5. The molecular weight excluding hydrogens is 262 g/mol. The predicted octanol–water partition coefficient (Wildman–Crippen LogP) is 3.64. The van der Waals surface area contributed by atoms with E-state index in [0.29, 0.717) is 5.70 Å². The van der Waals surface area contributed by atoms with Crippen molar-refractivity contribution in [1.29, 1.82) is 0 Å². The number of hydrazine groups is 1. The largest absolute Gasteiger partial charge is 0.390 e. The van der Waals surface area contributed by atoms with Crippen molar-refractivity contribution in [2.75, 3.05) is 6.61 Å². The molecule has 0 bridgehead atoms. The summed E-state index contributed by atoms with van der Waals surface area (Å²) < 4.78 is 0. The smallest absolute Gasteiger partial charge is 0.0862 e. The van der Waals surface area contributed by atoms with Crippen molar-refractivity contribution < 1.29 is 5.11 Å². The SMILES string of the molecule is C=CCC(CCC)/C(N=C)=C(\CO)N(N)C(CC)CCC. The molecule has 21 heavy (non-hydrogen) atoms. The molecule has 0 aromatic carbocycles. The highest BCUT2D eigenvalue weighted by atomic mass is 16.3. The fourth-order valence-corrected chi connectivity index (χ4v) is 2.76. The van der Waals surface area contributed by atoms with Crippen molar-refractivity contribution in [3.63, 3.8) is 0 Å². The van der Waals surface area contributed by atoms with Crippen LogP contribution in [0.5, 0.6) is 0 Å². The molecule has 0 heterocycles. The number of allylic oxidation sites excluding steroid dienone is 2. The lowest BCUT2D eigenvalue weighted by atomic mass is 9.94. The Hall–Kier alpha value is -1.13. The van der Waals surface area contributed by atoms with Gasteiger partial charge >= 0.3 is 0 Å². The zero-order chi connectivity index (χ0) is 16.3. The first-order valence-corrected chi connectivity index (χ1v) is 8.06. The van der Waals surface area contributed by atoms with Crippen molar-refractivity contribution >= 4 is 6.72 Å². The van der Waals surface area contributed by atoms with E-state index in [1.54, 1.807) is 5.01 Å². The van der Waals surface area contributed by atoms with Crippen molar-refractivity contribution in [1.82, 2.24) is 5.01 Å². The van der Waals surface area contributed by atoms with Crippen LogP contribution in [0.4, 0.5) is 0 Å². The van der Waals surface area contributed by atoms with E-state index < -0.39 is 0 Å². The molecule has 2 atom stereocenters. The third-order valence-electron chi connectivity index (χ3n) is 3.89. The monoisotopic (exact) mass is 295 g/mol. The van der Waals surface area contributed by atoms with Gasteiger partial charge in [0.1, 0.15) is 0 Å². The summed E-state index contributed by atoms with van der Waals surface area (Å²) in [5, 5.41) is 11.5. The topological polar surface area (TPSA) is 61.9 Å². The quantitative estimate of drug-likeness (QED) is 0.250. The molecule has 0 fully saturated rings. The van der Waals surface area contributed by atoms with Gasteiger partial charge in [0.2, 0.25) is 0 Å². The number of aliphatic imine (C=N–C) groups is 1. The molecule has 122 valence electrons. The van der Waals surface area contributed by atoms with Gasteiger partial charge in [-0.05, 0) is 32.4 Å². The number of nitrogens with zero attached hydrogens (tertiary/aromatic N) is 2. The normalized spacial score (nSPS) is 15.1. The molecule has 0 aliphatic carbocycles. The lowest BCUT2D eigenvalue weighted by molar-refractivity contribution is 0.188. The van der Waals surface area contributed by atoms with E-state index in [2.05, 4.69) is 39.1 Å². The van der Waals surface area contributed by atoms with E-state index in [1.807, 2.05) is 6.08 Å². The first-order chi connectivity index (χ1) is 10.1. The minimum Gasteiger partial charge on any atom is -0.390 e. The Morgan fingerprint density at radius 1 is 1.29 bits per heavy atom. The van der Waals surface area contributed by atoms with Crippen molar-refractivity contribution in [3.8, 4) is 0 Å². The highest BCUT2D eigenvalue weighted by Gasteiger charge is 2.22. The summed E-state index contributed by atoms with van der Waals surface area (Å²) in [6.45, 7) is 13.8. The van der Waals surface area contributed by atoms with Crippen LogP contribution in [0, 0.1) is 5.92 Å². The summed E-state index contributed by atoms with van der Waals surface area (Å²) in [5.74, 6) is 6.50. The van der Waals surface area contributed by atoms with Crippen molar-refractivity contribution in [2.24, 2.45) is 16.8 Å². The van der Waals surface area contributed by atoms with Crippen LogP contribution in [-0.2, 0) is 0 Å². The molecule has 3 N–H and O–H groups in total. The highest BCUT2D eigenvalue weighted by Crippen LogP contribution is 2.27. The molecule has 2 unspecified atom stereocenters. The lowest BCUT2D eigenvalue weighted by Crippen LogP contribution is -2.42. The lowest BCUT2D eigenvalue weighted by Gasteiger charge is -2.32. The summed E-state index contributed by atoms with van der Waals surface area (Å²) in [5.41, 5.74) is 1.52. The zero-order valence-corrected chi connectivity index (χ0v) is 14.0. The van der Waals surface area contributed by atoms with Crippen LogP contribution >= 0.6 is 0 Å². The van der Waals surface area contributed by atoms with Crippen LogP contribution in [0.1, 0.15) is 59.3 Å². The summed E-state index contributed by atoms with van der Waals surface area (Å²) in [4.78, 5) is 4.19. The Labute approximate surface area is 130 Å². The number of nitrogens with two attached hydrogens (primary N) is 1. The second-order valence-electron chi connectivity index (χ2n) is 5.42. The van der Waals surface area contributed by atoms with Gasteiger partial charge in [0.15, 0.2) is 0 Å². The van der Waals surface area contributed by atoms with E-state index in [9.17, 15) is 5.11 Å². The Morgan fingerprint density at radius 2 is 1.90 bits per heavy atom. The molecule has 4 heteroatoms. The van der Waals surface area contributed by atoms with Crippen molar-refractivity contribution in [2.45, 2.75) is 65.3 Å². The fraction of sp³-hybridized carbons (Fsp3) is 0.706. The molecule has 0 aromatic rings. The highest BCUT2D eigenvalue weighted by molar-refractivity contribution is 5.32. The van der Waals surface area contributed by atoms with E-state index in [4.69, 9.17) is 5.84 Å². The van der Waals surface area contributed by atoms with Crippen LogP contribution < -0.4 is 5.84 Å². The van der Waals surface area contributed by atoms with Crippen LogP contribution in [0.3, 0.4) is 0 Å². The van der Waals surface area contributed by atoms with Crippen LogP contribution in [0.25, 0.3) is 0 Å². The van der Waals surface area contributed by atoms with Gasteiger partial charge in [0, 0.05) is 12.0 Å². The Morgan fingerprint density at radius 3 is 2.29 bits per heavy atom. The molecule has 0 saturated heterocycles. The first kappa shape index (κ1) is 19.9. The van der Waals surface area contributed by atoms with Gasteiger partial charge in [0.25, 0.3) is 0 Å². The maximum Gasteiger partial charge on any atom is 0.0862 e. The van der Waals surface area contributed by atoms with E-state index in [0.717, 1.165) is 44.2 Å². The van der Waals surface area contributed by atoms with Gasteiger partial charge in [-0.1, -0.05) is 39.7 Å². The zero-order valence-electron chi connectivity index (χ0n) is 14.0. The standard InChI is InChI=1S/C17H33N3O/c1-6-10-14(11-7-2)17(19-5)16(13-21)20(18)15(9-4)12-8-3/h6,14-15,21H,1,5,7-13,18H2,2-4H3/b17-16-. The summed E-state index contributed by atoms with van der Waals surface area (Å²) in [6.07, 6.45) is 7.76. The summed E-state index contributed by atoms with van der Waals surface area (Å²) in [6, 6.07) is 0.222. The third kappa shape index (κ3) is 6.02. The van der Waals surface area contributed by atoms with Gasteiger partial charge in [-0.2, -0.15) is 0 Å². The second-order valence-corrected chi connectivity index (χ2v) is 5.42. The Balaban J connectivity index is 5.51. The molecular formula is C17H33N3O. The molecule has 0 aliphatic heterocycles. The molecule has 0 spiro atoms. The van der Waals surface area contributed by atoms with Crippen molar-refractivity contribution in [3.05, 3.63) is 24.0 Å². The first-order valence-electron chi connectivity index (χ1n) is 8.06. The van der Waals surface area contributed by atoms with E-state index >= 15 is 0 Å². The van der Waals surface area contributed by atoms with Gasteiger partial charge in [-0.25, -0.2) is 5.84 Å². The van der Waals surface area contributed by atoms with Gasteiger partial charge in [-0.3, -0.25) is 4.99 Å². The maximum atomic E-state index is 9.80. The number of aliphatic hydroxyl groups is 1. The average Bonchev–Trinajstić information content (AvgIpc) is 2.49. The Bertz CT molecular complexity index is 339. The molecule has 0 amide bonds. The Kier molecular flexibility index (Phi) is 10.9. The van der Waals surface area contributed by atoms with E-state index in [-0.39, 0.29) is 18.6 Å². The van der Waals surface area contributed by atoms with Gasteiger partial charge < -0.3 is 10.1 Å². The maximum absolute atomic E-state index is 9.80. The minimum atomic E-state index is -0.109. The molecule has 0 aromatic heterocycles. The predicted molar refractivity (Wildman–Crippen MR) is 91.9 cm³/mol. The number of rotatable bonds is 12. The summed E-state index contributed by atoms with van der Waals surface area (Å²) in [7, 11) is 0. The van der Waals surface area contributed by atoms with Gasteiger partial charge in [-0.15, -0.1) is 6.58 Å². The molecule has 0 aliphatic rings. The molecule has 0 radical (unpaired) electrons. The third-order valence-corrected chi connectivity index (χ3v) is 3.89. The van der Waals surface area contributed by atoms with Crippen LogP contribution in [-0.4, -0.2) is 29.5 Å².